The highest BCUT2D eigenvalue weighted by Crippen LogP contribution is 2.28. The summed E-state index contributed by atoms with van der Waals surface area (Å²) in [5.41, 5.74) is -1.03. The second kappa shape index (κ2) is 7.74. The zero-order valence-corrected chi connectivity index (χ0v) is 15.8. The monoisotopic (exact) mass is 402 g/mol. The van der Waals surface area contributed by atoms with E-state index in [-0.39, 0.29) is 12.3 Å². The SMILES string of the molecule is CN(CC(=O)Nc1ccc(F)cc1)C(=O)CN1C(=O)NC(C)(c2ccco2)C1=O. The Kier molecular flexibility index (Phi) is 5.35. The molecule has 2 N–H and O–H groups in total. The molecule has 0 aliphatic carbocycles. The lowest BCUT2D eigenvalue weighted by Gasteiger charge is -2.21. The van der Waals surface area contributed by atoms with Crippen molar-refractivity contribution in [1.82, 2.24) is 15.1 Å². The third-order valence-electron chi connectivity index (χ3n) is 4.52. The molecule has 10 heteroatoms. The largest absolute Gasteiger partial charge is 0.466 e. The molecule has 1 aliphatic heterocycles. The number of urea groups is 1. The summed E-state index contributed by atoms with van der Waals surface area (Å²) in [5, 5.41) is 5.04. The van der Waals surface area contributed by atoms with Crippen LogP contribution in [0.15, 0.2) is 47.1 Å². The van der Waals surface area contributed by atoms with Gasteiger partial charge in [-0.2, -0.15) is 0 Å². The number of carbonyl (C=O) groups is 4. The lowest BCUT2D eigenvalue weighted by atomic mass is 9.99. The van der Waals surface area contributed by atoms with Crippen LogP contribution in [0.3, 0.4) is 0 Å². The van der Waals surface area contributed by atoms with E-state index in [1.807, 2.05) is 0 Å². The van der Waals surface area contributed by atoms with Gasteiger partial charge in [-0.05, 0) is 43.3 Å². The van der Waals surface area contributed by atoms with Crippen LogP contribution in [0.1, 0.15) is 12.7 Å². The molecule has 0 spiro atoms. The number of hydrogen-bond acceptors (Lipinski definition) is 5. The summed E-state index contributed by atoms with van der Waals surface area (Å²) in [4.78, 5) is 51.3. The van der Waals surface area contributed by atoms with Crippen molar-refractivity contribution in [2.24, 2.45) is 0 Å². The summed E-state index contributed by atoms with van der Waals surface area (Å²) >= 11 is 0. The maximum absolute atomic E-state index is 12.9. The summed E-state index contributed by atoms with van der Waals surface area (Å²) < 4.78 is 18.1. The molecule has 0 saturated carbocycles. The fourth-order valence-electron chi connectivity index (χ4n) is 2.86. The highest BCUT2D eigenvalue weighted by atomic mass is 19.1. The highest BCUT2D eigenvalue weighted by molar-refractivity contribution is 6.09. The molecule has 1 aromatic heterocycles. The molecule has 5 amide bonds. The van der Waals surface area contributed by atoms with E-state index in [9.17, 15) is 23.6 Å². The molecule has 2 aromatic rings. The molecule has 1 saturated heterocycles. The third-order valence-corrected chi connectivity index (χ3v) is 4.52. The van der Waals surface area contributed by atoms with Crippen LogP contribution in [0.4, 0.5) is 14.9 Å². The lowest BCUT2D eigenvalue weighted by Crippen LogP contribution is -2.45. The van der Waals surface area contributed by atoms with E-state index in [1.165, 1.54) is 44.5 Å². The molecule has 1 fully saturated rings. The number of anilines is 1. The van der Waals surface area contributed by atoms with Crippen molar-refractivity contribution in [2.45, 2.75) is 12.5 Å². The van der Waals surface area contributed by atoms with E-state index in [4.69, 9.17) is 4.42 Å². The maximum Gasteiger partial charge on any atom is 0.325 e. The van der Waals surface area contributed by atoms with Crippen LogP contribution in [-0.4, -0.2) is 53.7 Å². The average molecular weight is 402 g/mol. The van der Waals surface area contributed by atoms with Crippen LogP contribution < -0.4 is 10.6 Å². The third kappa shape index (κ3) is 4.10. The lowest BCUT2D eigenvalue weighted by molar-refractivity contribution is -0.139. The summed E-state index contributed by atoms with van der Waals surface area (Å²) in [7, 11) is 1.37. The topological polar surface area (TPSA) is 112 Å². The second-order valence-electron chi connectivity index (χ2n) is 6.73. The molecule has 152 valence electrons. The molecule has 0 radical (unpaired) electrons. The summed E-state index contributed by atoms with van der Waals surface area (Å²) in [6.45, 7) is 0.646. The Hall–Kier alpha value is -3.69. The molecule has 0 bridgehead atoms. The Morgan fingerprint density at radius 1 is 1.24 bits per heavy atom. The molecular formula is C19H19FN4O5. The van der Waals surface area contributed by atoms with Crippen LogP contribution in [0.5, 0.6) is 0 Å². The van der Waals surface area contributed by atoms with Gasteiger partial charge >= 0.3 is 6.03 Å². The standard InChI is InChI=1S/C19H19FN4O5/c1-19(14-4-3-9-29-14)17(27)24(18(28)22-19)11-16(26)23(2)10-15(25)21-13-7-5-12(20)6-8-13/h3-9H,10-11H2,1-2H3,(H,21,25)(H,22,28). The number of likely N-dealkylation sites (N-methyl/N-ethyl adjacent to an activating group) is 1. The predicted molar refractivity (Wildman–Crippen MR) is 99.0 cm³/mol. The van der Waals surface area contributed by atoms with Gasteiger partial charge in [-0.25, -0.2) is 9.18 Å². The molecule has 1 unspecified atom stereocenters. The quantitative estimate of drug-likeness (QED) is 0.707. The van der Waals surface area contributed by atoms with Crippen LogP contribution in [0.25, 0.3) is 0 Å². The van der Waals surface area contributed by atoms with Crippen molar-refractivity contribution in [3.63, 3.8) is 0 Å². The minimum Gasteiger partial charge on any atom is -0.466 e. The van der Waals surface area contributed by atoms with E-state index in [0.717, 1.165) is 9.80 Å². The number of amides is 5. The van der Waals surface area contributed by atoms with E-state index < -0.39 is 41.7 Å². The number of carbonyl (C=O) groups excluding carboxylic acids is 4. The van der Waals surface area contributed by atoms with Crippen LogP contribution in [0, 0.1) is 5.82 Å². The number of imide groups is 1. The van der Waals surface area contributed by atoms with Gasteiger partial charge in [0, 0.05) is 12.7 Å². The first-order valence-electron chi connectivity index (χ1n) is 8.68. The average Bonchev–Trinajstić information content (AvgIpc) is 3.28. The van der Waals surface area contributed by atoms with Gasteiger partial charge in [-0.3, -0.25) is 19.3 Å². The minimum atomic E-state index is -1.40. The van der Waals surface area contributed by atoms with Gasteiger partial charge in [0.15, 0.2) is 5.54 Å². The van der Waals surface area contributed by atoms with Gasteiger partial charge in [0.1, 0.15) is 18.1 Å². The number of halogens is 1. The first-order chi connectivity index (χ1) is 13.7. The number of nitrogens with zero attached hydrogens (tertiary/aromatic N) is 2. The van der Waals surface area contributed by atoms with Gasteiger partial charge in [-0.1, -0.05) is 0 Å². The Bertz CT molecular complexity index is 944. The van der Waals surface area contributed by atoms with Gasteiger partial charge in [0.2, 0.25) is 11.8 Å². The van der Waals surface area contributed by atoms with E-state index in [1.54, 1.807) is 12.1 Å². The fraction of sp³-hybridized carbons (Fsp3) is 0.263. The van der Waals surface area contributed by atoms with Crippen LogP contribution in [0.2, 0.25) is 0 Å². The van der Waals surface area contributed by atoms with Crippen molar-refractivity contribution < 1.29 is 28.0 Å². The van der Waals surface area contributed by atoms with Crippen molar-refractivity contribution in [1.29, 1.82) is 0 Å². The molecule has 9 nitrogen and oxygen atoms in total. The van der Waals surface area contributed by atoms with E-state index in [2.05, 4.69) is 10.6 Å². The molecule has 3 rings (SSSR count). The first kappa shape index (κ1) is 20.1. The Balaban J connectivity index is 1.59. The zero-order chi connectivity index (χ0) is 21.2. The smallest absolute Gasteiger partial charge is 0.325 e. The van der Waals surface area contributed by atoms with E-state index >= 15 is 0 Å². The number of benzene rings is 1. The number of furan rings is 1. The Morgan fingerprint density at radius 2 is 1.93 bits per heavy atom. The Morgan fingerprint density at radius 3 is 2.55 bits per heavy atom. The zero-order valence-electron chi connectivity index (χ0n) is 15.8. The van der Waals surface area contributed by atoms with Gasteiger partial charge in [-0.15, -0.1) is 0 Å². The second-order valence-corrected chi connectivity index (χ2v) is 6.73. The molecule has 1 aromatic carbocycles. The molecule has 29 heavy (non-hydrogen) atoms. The van der Waals surface area contributed by atoms with Crippen molar-refractivity contribution in [3.05, 3.63) is 54.2 Å². The van der Waals surface area contributed by atoms with Crippen molar-refractivity contribution >= 4 is 29.4 Å². The predicted octanol–water partition coefficient (Wildman–Crippen LogP) is 1.28. The Labute approximate surface area is 165 Å². The molecular weight excluding hydrogens is 383 g/mol. The molecule has 1 aliphatic rings. The van der Waals surface area contributed by atoms with Gasteiger partial charge in [0.25, 0.3) is 5.91 Å². The summed E-state index contributed by atoms with van der Waals surface area (Å²) in [5.74, 6) is -1.94. The van der Waals surface area contributed by atoms with Gasteiger partial charge < -0.3 is 20.0 Å². The van der Waals surface area contributed by atoms with Crippen molar-refractivity contribution in [3.8, 4) is 0 Å². The fourth-order valence-corrected chi connectivity index (χ4v) is 2.86. The highest BCUT2D eigenvalue weighted by Gasteiger charge is 2.51. The maximum atomic E-state index is 12.9. The van der Waals surface area contributed by atoms with Crippen LogP contribution in [-0.2, 0) is 19.9 Å². The number of hydrogen-bond donors (Lipinski definition) is 2. The van der Waals surface area contributed by atoms with E-state index in [0.29, 0.717) is 5.69 Å². The van der Waals surface area contributed by atoms with Crippen LogP contribution >= 0.6 is 0 Å². The summed E-state index contributed by atoms with van der Waals surface area (Å²) in [6, 6.07) is 7.56. The number of nitrogens with one attached hydrogen (secondary N) is 2. The summed E-state index contributed by atoms with van der Waals surface area (Å²) in [6.07, 6.45) is 1.38. The first-order valence-corrected chi connectivity index (χ1v) is 8.68. The minimum absolute atomic E-state index is 0.248. The molecule has 2 heterocycles. The number of rotatable bonds is 6. The normalized spacial score (nSPS) is 18.5. The van der Waals surface area contributed by atoms with Gasteiger partial charge in [0.05, 0.1) is 12.8 Å². The molecule has 1 atom stereocenters. The van der Waals surface area contributed by atoms with Crippen molar-refractivity contribution in [2.75, 3.05) is 25.5 Å².